The van der Waals surface area contributed by atoms with E-state index in [0.717, 1.165) is 5.69 Å². The van der Waals surface area contributed by atoms with Crippen LogP contribution in [0.2, 0.25) is 0 Å². The summed E-state index contributed by atoms with van der Waals surface area (Å²) >= 11 is 1.34. The minimum Gasteiger partial charge on any atom is -0.495 e. The third-order valence-electron chi connectivity index (χ3n) is 2.64. The second-order valence-corrected chi connectivity index (χ2v) is 4.66. The fourth-order valence-electron chi connectivity index (χ4n) is 1.66. The molecule has 0 radical (unpaired) electrons. The Morgan fingerprint density at radius 1 is 1.33 bits per heavy atom. The Bertz CT molecular complexity index is 566. The smallest absolute Gasteiger partial charge is 0.270 e. The number of amides is 1. The molecular formula is C13H14N2O2S. The SMILES string of the molecule is COc1ccccc1N(C)C(=O)c1sccc1N. The van der Waals surface area contributed by atoms with Crippen LogP contribution in [0.1, 0.15) is 9.67 Å². The highest BCUT2D eigenvalue weighted by Gasteiger charge is 2.19. The molecule has 1 heterocycles. The Morgan fingerprint density at radius 3 is 2.67 bits per heavy atom. The summed E-state index contributed by atoms with van der Waals surface area (Å²) in [7, 11) is 3.29. The van der Waals surface area contributed by atoms with Crippen molar-refractivity contribution in [1.29, 1.82) is 0 Å². The van der Waals surface area contributed by atoms with Crippen molar-refractivity contribution in [3.63, 3.8) is 0 Å². The molecule has 0 atom stereocenters. The lowest BCUT2D eigenvalue weighted by Gasteiger charge is -2.19. The van der Waals surface area contributed by atoms with E-state index in [-0.39, 0.29) is 5.91 Å². The fraction of sp³-hybridized carbons (Fsp3) is 0.154. The molecule has 1 aromatic heterocycles. The van der Waals surface area contributed by atoms with Crippen molar-refractivity contribution in [2.24, 2.45) is 0 Å². The Hall–Kier alpha value is -2.01. The highest BCUT2D eigenvalue weighted by atomic mass is 32.1. The molecule has 0 bridgehead atoms. The molecule has 2 aromatic rings. The summed E-state index contributed by atoms with van der Waals surface area (Å²) in [6, 6.07) is 9.10. The first-order chi connectivity index (χ1) is 8.65. The van der Waals surface area contributed by atoms with Gasteiger partial charge in [-0.25, -0.2) is 0 Å². The number of carbonyl (C=O) groups excluding carboxylic acids is 1. The van der Waals surface area contributed by atoms with Gasteiger partial charge in [0.2, 0.25) is 0 Å². The van der Waals surface area contributed by atoms with E-state index < -0.39 is 0 Å². The van der Waals surface area contributed by atoms with E-state index in [2.05, 4.69) is 0 Å². The molecule has 0 saturated heterocycles. The number of nitrogens with zero attached hydrogens (tertiary/aromatic N) is 1. The number of nitrogens with two attached hydrogens (primary N) is 1. The van der Waals surface area contributed by atoms with Gasteiger partial charge in [-0.05, 0) is 23.6 Å². The van der Waals surface area contributed by atoms with Crippen molar-refractivity contribution in [3.8, 4) is 5.75 Å². The highest BCUT2D eigenvalue weighted by molar-refractivity contribution is 7.12. The summed E-state index contributed by atoms with van der Waals surface area (Å²) < 4.78 is 5.24. The van der Waals surface area contributed by atoms with Crippen LogP contribution in [0, 0.1) is 0 Å². The lowest BCUT2D eigenvalue weighted by Crippen LogP contribution is -2.26. The van der Waals surface area contributed by atoms with E-state index >= 15 is 0 Å². The summed E-state index contributed by atoms with van der Waals surface area (Å²) in [4.78, 5) is 14.4. The summed E-state index contributed by atoms with van der Waals surface area (Å²) in [5.41, 5.74) is 6.99. The third-order valence-corrected chi connectivity index (χ3v) is 3.56. The van der Waals surface area contributed by atoms with Crippen molar-refractivity contribution in [3.05, 3.63) is 40.6 Å². The maximum absolute atomic E-state index is 12.3. The number of hydrogen-bond acceptors (Lipinski definition) is 4. The van der Waals surface area contributed by atoms with Gasteiger partial charge in [0.15, 0.2) is 0 Å². The maximum atomic E-state index is 12.3. The van der Waals surface area contributed by atoms with E-state index in [4.69, 9.17) is 10.5 Å². The van der Waals surface area contributed by atoms with Gasteiger partial charge in [-0.1, -0.05) is 12.1 Å². The van der Waals surface area contributed by atoms with Gasteiger partial charge in [0.1, 0.15) is 10.6 Å². The number of hydrogen-bond donors (Lipinski definition) is 1. The van der Waals surface area contributed by atoms with E-state index in [0.29, 0.717) is 16.3 Å². The van der Waals surface area contributed by atoms with Crippen LogP contribution in [0.25, 0.3) is 0 Å². The van der Waals surface area contributed by atoms with Gasteiger partial charge in [-0.15, -0.1) is 11.3 Å². The van der Waals surface area contributed by atoms with E-state index in [1.165, 1.54) is 11.3 Å². The summed E-state index contributed by atoms with van der Waals surface area (Å²) in [6.07, 6.45) is 0. The number of benzene rings is 1. The number of methoxy groups -OCH3 is 1. The van der Waals surface area contributed by atoms with Crippen LogP contribution in [0.3, 0.4) is 0 Å². The van der Waals surface area contributed by atoms with Crippen LogP contribution >= 0.6 is 11.3 Å². The quantitative estimate of drug-likeness (QED) is 0.925. The minimum absolute atomic E-state index is 0.132. The number of anilines is 2. The Kier molecular flexibility index (Phi) is 3.53. The van der Waals surface area contributed by atoms with Crippen molar-refractivity contribution < 1.29 is 9.53 Å². The number of carbonyl (C=O) groups is 1. The monoisotopic (exact) mass is 262 g/mol. The molecule has 2 rings (SSSR count). The van der Waals surface area contributed by atoms with Gasteiger partial charge >= 0.3 is 0 Å². The molecule has 4 nitrogen and oxygen atoms in total. The molecule has 0 spiro atoms. The largest absolute Gasteiger partial charge is 0.495 e. The van der Waals surface area contributed by atoms with Gasteiger partial charge in [0.05, 0.1) is 18.5 Å². The van der Waals surface area contributed by atoms with Gasteiger partial charge in [-0.3, -0.25) is 4.79 Å². The minimum atomic E-state index is -0.132. The zero-order chi connectivity index (χ0) is 13.1. The summed E-state index contributed by atoms with van der Waals surface area (Å²) in [5.74, 6) is 0.524. The van der Waals surface area contributed by atoms with Crippen LogP contribution in [0.4, 0.5) is 11.4 Å². The number of rotatable bonds is 3. The molecule has 0 aliphatic heterocycles. The lowest BCUT2D eigenvalue weighted by molar-refractivity contribution is 0.0997. The van der Waals surface area contributed by atoms with Gasteiger partial charge in [0, 0.05) is 7.05 Å². The molecule has 1 amide bonds. The second kappa shape index (κ2) is 5.10. The van der Waals surface area contributed by atoms with E-state index in [1.807, 2.05) is 24.3 Å². The molecule has 1 aromatic carbocycles. The van der Waals surface area contributed by atoms with Crippen LogP contribution in [0.5, 0.6) is 5.75 Å². The fourth-order valence-corrected chi connectivity index (χ4v) is 2.45. The average molecular weight is 262 g/mol. The number of thiophene rings is 1. The topological polar surface area (TPSA) is 55.6 Å². The van der Waals surface area contributed by atoms with Crippen LogP contribution in [0.15, 0.2) is 35.7 Å². The zero-order valence-electron chi connectivity index (χ0n) is 10.2. The lowest BCUT2D eigenvalue weighted by atomic mass is 10.2. The maximum Gasteiger partial charge on any atom is 0.270 e. The molecule has 0 aliphatic rings. The van der Waals surface area contributed by atoms with Crippen LogP contribution < -0.4 is 15.4 Å². The predicted molar refractivity (Wildman–Crippen MR) is 74.5 cm³/mol. The number of para-hydroxylation sites is 2. The van der Waals surface area contributed by atoms with Gasteiger partial charge in [-0.2, -0.15) is 0 Å². The third kappa shape index (κ3) is 2.17. The van der Waals surface area contributed by atoms with Gasteiger partial charge in [0.25, 0.3) is 5.91 Å². The molecule has 18 heavy (non-hydrogen) atoms. The molecule has 94 valence electrons. The Morgan fingerprint density at radius 2 is 2.06 bits per heavy atom. The molecule has 0 saturated carbocycles. The molecule has 0 aliphatic carbocycles. The van der Waals surface area contributed by atoms with Crippen LogP contribution in [-0.4, -0.2) is 20.1 Å². The average Bonchev–Trinajstić information content (AvgIpc) is 2.83. The summed E-state index contributed by atoms with van der Waals surface area (Å²) in [5, 5.41) is 1.80. The second-order valence-electron chi connectivity index (χ2n) is 3.74. The first-order valence-electron chi connectivity index (χ1n) is 5.39. The van der Waals surface area contributed by atoms with E-state index in [1.54, 1.807) is 30.5 Å². The van der Waals surface area contributed by atoms with E-state index in [9.17, 15) is 4.79 Å². The van der Waals surface area contributed by atoms with Crippen LogP contribution in [-0.2, 0) is 0 Å². The molecular weight excluding hydrogens is 248 g/mol. The molecule has 0 unspecified atom stereocenters. The van der Waals surface area contributed by atoms with Crippen molar-refractivity contribution >= 4 is 28.6 Å². The van der Waals surface area contributed by atoms with Crippen molar-refractivity contribution in [2.45, 2.75) is 0 Å². The Labute approximate surface area is 110 Å². The number of nitrogen functional groups attached to an aromatic ring is 1. The normalized spacial score (nSPS) is 10.1. The standard InChI is InChI=1S/C13H14N2O2S/c1-15(10-5-3-4-6-11(10)17-2)13(16)12-9(14)7-8-18-12/h3-8H,14H2,1-2H3. The zero-order valence-corrected chi connectivity index (χ0v) is 11.0. The van der Waals surface area contributed by atoms with Crippen molar-refractivity contribution in [1.82, 2.24) is 0 Å². The Balaban J connectivity index is 2.34. The molecule has 2 N–H and O–H groups in total. The first kappa shape index (κ1) is 12.4. The molecule has 0 fully saturated rings. The predicted octanol–water partition coefficient (Wildman–Crippen LogP) is 2.62. The number of ether oxygens (including phenoxy) is 1. The highest BCUT2D eigenvalue weighted by Crippen LogP contribution is 2.29. The van der Waals surface area contributed by atoms with Gasteiger partial charge < -0.3 is 15.4 Å². The first-order valence-corrected chi connectivity index (χ1v) is 6.27. The van der Waals surface area contributed by atoms with Crippen molar-refractivity contribution in [2.75, 3.05) is 24.8 Å². The summed E-state index contributed by atoms with van der Waals surface area (Å²) in [6.45, 7) is 0. The molecule has 5 heteroatoms.